The summed E-state index contributed by atoms with van der Waals surface area (Å²) in [5.74, 6) is -4.64. The molecule has 0 aliphatic carbocycles. The number of carbonyl (C=O) groups excluding carboxylic acids is 1. The highest BCUT2D eigenvalue weighted by Gasteiger charge is 2.44. The van der Waals surface area contributed by atoms with Crippen LogP contribution in [0.2, 0.25) is 0 Å². The maximum atomic E-state index is 13.2. The summed E-state index contributed by atoms with van der Waals surface area (Å²) in [5, 5.41) is 11.2. The largest absolute Gasteiger partial charge is 0.480 e. The molecule has 1 aromatic rings. The molecule has 0 bridgehead atoms. The molecule has 1 unspecified atom stereocenters. The number of rotatable bonds is 7. The summed E-state index contributed by atoms with van der Waals surface area (Å²) in [4.78, 5) is 26.6. The van der Waals surface area contributed by atoms with Crippen LogP contribution in [0, 0.1) is 5.92 Å². The minimum Gasteiger partial charge on any atom is -0.480 e. The van der Waals surface area contributed by atoms with Crippen molar-refractivity contribution in [1.82, 2.24) is 14.9 Å². The number of aromatic nitrogens is 2. The van der Waals surface area contributed by atoms with E-state index in [0.29, 0.717) is 0 Å². The van der Waals surface area contributed by atoms with E-state index in [1.807, 2.05) is 0 Å². The summed E-state index contributed by atoms with van der Waals surface area (Å²) >= 11 is 0. The Morgan fingerprint density at radius 3 is 2.39 bits per heavy atom. The molecule has 23 heavy (non-hydrogen) atoms. The van der Waals surface area contributed by atoms with Crippen molar-refractivity contribution < 1.29 is 27.9 Å². The van der Waals surface area contributed by atoms with E-state index < -0.39 is 36.4 Å². The third-order valence-corrected chi connectivity index (χ3v) is 3.30. The molecule has 2 N–H and O–H groups in total. The van der Waals surface area contributed by atoms with Gasteiger partial charge in [0, 0.05) is 25.9 Å². The van der Waals surface area contributed by atoms with Crippen molar-refractivity contribution in [2.75, 3.05) is 0 Å². The predicted molar refractivity (Wildman–Crippen MR) is 75.6 cm³/mol. The fourth-order valence-electron chi connectivity index (χ4n) is 2.20. The lowest BCUT2D eigenvalue weighted by Crippen LogP contribution is -2.43. The van der Waals surface area contributed by atoms with Crippen molar-refractivity contribution >= 4 is 11.9 Å². The van der Waals surface area contributed by atoms with Gasteiger partial charge in [0.15, 0.2) is 0 Å². The van der Waals surface area contributed by atoms with Crippen molar-refractivity contribution in [2.45, 2.75) is 44.8 Å². The maximum absolute atomic E-state index is 13.2. The third-order valence-electron chi connectivity index (χ3n) is 3.30. The first-order valence-corrected chi connectivity index (χ1v) is 7.08. The molecule has 0 aliphatic rings. The van der Waals surface area contributed by atoms with Gasteiger partial charge in [0.25, 0.3) is 0 Å². The second kappa shape index (κ2) is 7.47. The number of hydrogen-bond acceptors (Lipinski definition) is 3. The first-order valence-electron chi connectivity index (χ1n) is 7.08. The van der Waals surface area contributed by atoms with Crippen molar-refractivity contribution in [1.29, 1.82) is 0 Å². The molecule has 1 heterocycles. The molecule has 0 saturated heterocycles. The molecular weight excluding hydrogens is 315 g/mol. The molecule has 9 heteroatoms. The Kier molecular flexibility index (Phi) is 6.17. The number of carboxylic acids is 1. The number of imidazole rings is 1. The maximum Gasteiger partial charge on any atom is 0.399 e. The first-order chi connectivity index (χ1) is 10.5. The fraction of sp³-hybridized carbons (Fsp3) is 0.643. The van der Waals surface area contributed by atoms with Crippen LogP contribution in [0.3, 0.4) is 0 Å². The molecule has 0 aliphatic heterocycles. The zero-order valence-electron chi connectivity index (χ0n) is 13.1. The van der Waals surface area contributed by atoms with Crippen LogP contribution in [-0.4, -0.2) is 38.8 Å². The molecule has 6 nitrogen and oxygen atoms in total. The molecule has 1 aromatic heterocycles. The summed E-state index contributed by atoms with van der Waals surface area (Å²) in [6.07, 6.45) is -2.86. The molecule has 0 aromatic carbocycles. The monoisotopic (exact) mass is 335 g/mol. The van der Waals surface area contributed by atoms with Gasteiger partial charge in [-0.05, 0) is 12.3 Å². The molecule has 0 radical (unpaired) electrons. The highest BCUT2D eigenvalue weighted by atomic mass is 19.4. The lowest BCUT2D eigenvalue weighted by molar-refractivity contribution is -0.159. The van der Waals surface area contributed by atoms with E-state index in [1.54, 1.807) is 13.8 Å². The SMILES string of the molecule is CC(C)C[C@H](NC(=O)CC(c1nccn1C)C(F)(F)F)C(=O)O. The topological polar surface area (TPSA) is 84.2 Å². The van der Waals surface area contributed by atoms with Crippen LogP contribution in [-0.2, 0) is 16.6 Å². The minimum atomic E-state index is -4.66. The Balaban J connectivity index is 2.86. The molecule has 2 atom stereocenters. The Bertz CT molecular complexity index is 555. The number of aliphatic carboxylic acids is 1. The lowest BCUT2D eigenvalue weighted by Gasteiger charge is -2.21. The van der Waals surface area contributed by atoms with Crippen LogP contribution >= 0.6 is 0 Å². The third kappa shape index (κ3) is 5.57. The smallest absolute Gasteiger partial charge is 0.399 e. The Hall–Kier alpha value is -2.06. The fourth-order valence-corrected chi connectivity index (χ4v) is 2.20. The summed E-state index contributed by atoms with van der Waals surface area (Å²) in [7, 11) is 1.40. The van der Waals surface area contributed by atoms with Crippen LogP contribution < -0.4 is 5.32 Å². The van der Waals surface area contributed by atoms with E-state index in [4.69, 9.17) is 5.11 Å². The van der Waals surface area contributed by atoms with E-state index in [1.165, 1.54) is 24.0 Å². The van der Waals surface area contributed by atoms with E-state index in [-0.39, 0.29) is 18.2 Å². The number of halogens is 3. The van der Waals surface area contributed by atoms with Gasteiger partial charge < -0.3 is 15.0 Å². The number of hydrogen-bond donors (Lipinski definition) is 2. The van der Waals surface area contributed by atoms with Gasteiger partial charge in [0.05, 0.1) is 0 Å². The van der Waals surface area contributed by atoms with Crippen LogP contribution in [0.25, 0.3) is 0 Å². The van der Waals surface area contributed by atoms with E-state index in [9.17, 15) is 22.8 Å². The van der Waals surface area contributed by atoms with E-state index >= 15 is 0 Å². The molecule has 1 rings (SSSR count). The Morgan fingerprint density at radius 2 is 2.00 bits per heavy atom. The van der Waals surface area contributed by atoms with Crippen LogP contribution in [0.15, 0.2) is 12.4 Å². The average molecular weight is 335 g/mol. The van der Waals surface area contributed by atoms with Crippen LogP contribution in [0.4, 0.5) is 13.2 Å². The number of nitrogens with zero attached hydrogens (tertiary/aromatic N) is 2. The zero-order valence-corrected chi connectivity index (χ0v) is 13.1. The molecule has 1 amide bonds. The van der Waals surface area contributed by atoms with Gasteiger partial charge in [-0.2, -0.15) is 13.2 Å². The normalized spacial score (nSPS) is 14.6. The molecule has 130 valence electrons. The number of carbonyl (C=O) groups is 2. The van der Waals surface area contributed by atoms with Crippen LogP contribution in [0.1, 0.15) is 38.4 Å². The number of nitrogens with one attached hydrogen (secondary N) is 1. The number of alkyl halides is 3. The van der Waals surface area contributed by atoms with E-state index in [0.717, 1.165) is 0 Å². The standard InChI is InChI=1S/C14H20F3N3O3/c1-8(2)6-10(13(22)23)19-11(21)7-9(14(15,16)17)12-18-4-5-20(12)3/h4-5,8-10H,6-7H2,1-3H3,(H,19,21)(H,22,23)/t9?,10-/m0/s1. The van der Waals surface area contributed by atoms with Gasteiger partial charge in [0.2, 0.25) is 5.91 Å². The van der Waals surface area contributed by atoms with Crippen molar-refractivity contribution in [3.63, 3.8) is 0 Å². The van der Waals surface area contributed by atoms with Gasteiger partial charge in [-0.3, -0.25) is 4.79 Å². The van der Waals surface area contributed by atoms with Gasteiger partial charge in [0.1, 0.15) is 17.8 Å². The van der Waals surface area contributed by atoms with Crippen LogP contribution in [0.5, 0.6) is 0 Å². The summed E-state index contributed by atoms with van der Waals surface area (Å²) in [6, 6.07) is -1.21. The van der Waals surface area contributed by atoms with Gasteiger partial charge in [-0.15, -0.1) is 0 Å². The second-order valence-corrected chi connectivity index (χ2v) is 5.78. The van der Waals surface area contributed by atoms with Crippen molar-refractivity contribution in [3.05, 3.63) is 18.2 Å². The Labute approximate surface area is 131 Å². The number of amides is 1. The highest BCUT2D eigenvalue weighted by molar-refractivity contribution is 5.83. The van der Waals surface area contributed by atoms with E-state index in [2.05, 4.69) is 10.3 Å². The molecule has 0 fully saturated rings. The van der Waals surface area contributed by atoms with Crippen molar-refractivity contribution in [2.24, 2.45) is 13.0 Å². The number of carboxylic acid groups (broad SMARTS) is 1. The molecular formula is C14H20F3N3O3. The average Bonchev–Trinajstić information content (AvgIpc) is 2.79. The van der Waals surface area contributed by atoms with Gasteiger partial charge in [-0.25, -0.2) is 9.78 Å². The predicted octanol–water partition coefficient (Wildman–Crippen LogP) is 2.07. The number of aryl methyl sites for hydroxylation is 1. The summed E-state index contributed by atoms with van der Waals surface area (Å²) in [5.41, 5.74) is 0. The van der Waals surface area contributed by atoms with Crippen molar-refractivity contribution in [3.8, 4) is 0 Å². The first kappa shape index (κ1) is 19.0. The molecule has 0 spiro atoms. The second-order valence-electron chi connectivity index (χ2n) is 5.78. The lowest BCUT2D eigenvalue weighted by atomic mass is 10.0. The highest BCUT2D eigenvalue weighted by Crippen LogP contribution is 2.36. The van der Waals surface area contributed by atoms with Gasteiger partial charge >= 0.3 is 12.1 Å². The molecule has 0 saturated carbocycles. The Morgan fingerprint density at radius 1 is 1.39 bits per heavy atom. The summed E-state index contributed by atoms with van der Waals surface area (Å²) in [6.45, 7) is 3.52. The van der Waals surface area contributed by atoms with Gasteiger partial charge in [-0.1, -0.05) is 13.8 Å². The minimum absolute atomic E-state index is 0.0237. The quantitative estimate of drug-likeness (QED) is 0.799. The summed E-state index contributed by atoms with van der Waals surface area (Å²) < 4.78 is 40.7. The zero-order chi connectivity index (χ0) is 17.8.